The Morgan fingerprint density at radius 3 is 2.30 bits per heavy atom. The molecule has 0 aromatic heterocycles. The molecule has 1 heterocycles. The van der Waals surface area contributed by atoms with Crippen molar-refractivity contribution in [1.29, 1.82) is 0 Å². The van der Waals surface area contributed by atoms with Gasteiger partial charge in [-0.05, 0) is 24.7 Å². The molecule has 1 aliphatic heterocycles. The van der Waals surface area contributed by atoms with Crippen molar-refractivity contribution >= 4 is 17.3 Å². The Labute approximate surface area is 125 Å². The SMILES string of the molecule is CC1CCCC(C)C1Nc1cc2c(cc1Cl)OCCO2. The maximum Gasteiger partial charge on any atom is 0.163 e. The summed E-state index contributed by atoms with van der Waals surface area (Å²) in [6.45, 7) is 5.83. The van der Waals surface area contributed by atoms with E-state index in [1.807, 2.05) is 12.1 Å². The summed E-state index contributed by atoms with van der Waals surface area (Å²) in [7, 11) is 0. The van der Waals surface area contributed by atoms with Gasteiger partial charge in [0.25, 0.3) is 0 Å². The van der Waals surface area contributed by atoms with Crippen molar-refractivity contribution in [3.63, 3.8) is 0 Å². The van der Waals surface area contributed by atoms with Crippen LogP contribution in [0.5, 0.6) is 11.5 Å². The van der Waals surface area contributed by atoms with Gasteiger partial charge in [-0.2, -0.15) is 0 Å². The predicted octanol–water partition coefficient (Wildman–Crippen LogP) is 4.35. The van der Waals surface area contributed by atoms with Crippen molar-refractivity contribution in [2.75, 3.05) is 18.5 Å². The summed E-state index contributed by atoms with van der Waals surface area (Å²) in [5.41, 5.74) is 0.960. The first-order chi connectivity index (χ1) is 9.65. The average Bonchev–Trinajstić information content (AvgIpc) is 2.43. The zero-order valence-electron chi connectivity index (χ0n) is 12.1. The second kappa shape index (κ2) is 5.72. The fourth-order valence-electron chi connectivity index (χ4n) is 3.32. The van der Waals surface area contributed by atoms with Crippen LogP contribution in [0.25, 0.3) is 0 Å². The highest BCUT2D eigenvalue weighted by atomic mass is 35.5. The first-order valence-electron chi connectivity index (χ1n) is 7.51. The summed E-state index contributed by atoms with van der Waals surface area (Å²) in [4.78, 5) is 0. The Bertz CT molecular complexity index is 482. The molecule has 1 N–H and O–H groups in total. The molecule has 1 aliphatic carbocycles. The van der Waals surface area contributed by atoms with E-state index < -0.39 is 0 Å². The van der Waals surface area contributed by atoms with Crippen LogP contribution in [0.4, 0.5) is 5.69 Å². The molecule has 0 radical (unpaired) electrons. The lowest BCUT2D eigenvalue weighted by Gasteiger charge is -2.36. The molecule has 3 nitrogen and oxygen atoms in total. The molecule has 110 valence electrons. The molecule has 20 heavy (non-hydrogen) atoms. The minimum Gasteiger partial charge on any atom is -0.486 e. The van der Waals surface area contributed by atoms with Gasteiger partial charge >= 0.3 is 0 Å². The van der Waals surface area contributed by atoms with Crippen molar-refractivity contribution in [1.82, 2.24) is 0 Å². The molecule has 1 aromatic carbocycles. The lowest BCUT2D eigenvalue weighted by Crippen LogP contribution is -2.37. The van der Waals surface area contributed by atoms with Crippen LogP contribution in [0, 0.1) is 11.8 Å². The first-order valence-corrected chi connectivity index (χ1v) is 7.88. The van der Waals surface area contributed by atoms with Gasteiger partial charge in [-0.1, -0.05) is 31.9 Å². The normalized spacial score (nSPS) is 29.1. The van der Waals surface area contributed by atoms with E-state index in [-0.39, 0.29) is 0 Å². The van der Waals surface area contributed by atoms with E-state index in [1.165, 1.54) is 19.3 Å². The molecule has 1 aromatic rings. The number of fused-ring (bicyclic) bond motifs is 1. The molecule has 1 fully saturated rings. The topological polar surface area (TPSA) is 30.5 Å². The van der Waals surface area contributed by atoms with E-state index in [0.717, 1.165) is 17.2 Å². The molecule has 2 aliphatic rings. The Morgan fingerprint density at radius 2 is 1.65 bits per heavy atom. The van der Waals surface area contributed by atoms with Gasteiger partial charge in [0.15, 0.2) is 11.5 Å². The predicted molar refractivity (Wildman–Crippen MR) is 82.0 cm³/mol. The van der Waals surface area contributed by atoms with Crippen molar-refractivity contribution in [3.05, 3.63) is 17.2 Å². The summed E-state index contributed by atoms with van der Waals surface area (Å²) >= 11 is 6.38. The van der Waals surface area contributed by atoms with Crippen LogP contribution in [0.3, 0.4) is 0 Å². The van der Waals surface area contributed by atoms with Gasteiger partial charge in [0.1, 0.15) is 13.2 Å². The van der Waals surface area contributed by atoms with Gasteiger partial charge < -0.3 is 14.8 Å². The van der Waals surface area contributed by atoms with Crippen LogP contribution in [0.2, 0.25) is 5.02 Å². The number of ether oxygens (including phenoxy) is 2. The van der Waals surface area contributed by atoms with Gasteiger partial charge in [0, 0.05) is 18.2 Å². The Morgan fingerprint density at radius 1 is 1.05 bits per heavy atom. The molecule has 0 amide bonds. The number of hydrogen-bond acceptors (Lipinski definition) is 3. The molecule has 0 spiro atoms. The molecule has 2 unspecified atom stereocenters. The van der Waals surface area contributed by atoms with Crippen LogP contribution in [0.15, 0.2) is 12.1 Å². The van der Waals surface area contributed by atoms with E-state index >= 15 is 0 Å². The quantitative estimate of drug-likeness (QED) is 0.880. The smallest absolute Gasteiger partial charge is 0.163 e. The molecule has 0 bridgehead atoms. The second-order valence-corrected chi connectivity index (χ2v) is 6.44. The summed E-state index contributed by atoms with van der Waals surface area (Å²) < 4.78 is 11.2. The van der Waals surface area contributed by atoms with Crippen LogP contribution in [0.1, 0.15) is 33.1 Å². The maximum atomic E-state index is 6.38. The summed E-state index contributed by atoms with van der Waals surface area (Å²) in [5, 5.41) is 4.34. The largest absolute Gasteiger partial charge is 0.486 e. The Hall–Kier alpha value is -1.09. The zero-order valence-corrected chi connectivity index (χ0v) is 12.9. The minimum absolute atomic E-state index is 0.476. The van der Waals surface area contributed by atoms with Gasteiger partial charge in [0.2, 0.25) is 0 Å². The number of hydrogen-bond donors (Lipinski definition) is 1. The molecule has 2 atom stereocenters. The van der Waals surface area contributed by atoms with Crippen LogP contribution in [-0.4, -0.2) is 19.3 Å². The number of rotatable bonds is 2. The van der Waals surface area contributed by atoms with Gasteiger partial charge in [-0.3, -0.25) is 0 Å². The van der Waals surface area contributed by atoms with Gasteiger partial charge in [0.05, 0.1) is 10.7 Å². The minimum atomic E-state index is 0.476. The fourth-order valence-corrected chi connectivity index (χ4v) is 3.53. The number of anilines is 1. The van der Waals surface area contributed by atoms with Crippen molar-refractivity contribution in [3.8, 4) is 11.5 Å². The molecule has 1 saturated carbocycles. The van der Waals surface area contributed by atoms with E-state index in [2.05, 4.69) is 19.2 Å². The van der Waals surface area contributed by atoms with E-state index in [0.29, 0.717) is 36.1 Å². The lowest BCUT2D eigenvalue weighted by atomic mass is 9.78. The third-order valence-electron chi connectivity index (χ3n) is 4.50. The monoisotopic (exact) mass is 295 g/mol. The summed E-state index contributed by atoms with van der Waals surface area (Å²) in [5.74, 6) is 2.88. The maximum absolute atomic E-state index is 6.38. The Kier molecular flexibility index (Phi) is 3.97. The molecule has 4 heteroatoms. The highest BCUT2D eigenvalue weighted by Gasteiger charge is 2.28. The first kappa shape index (κ1) is 13.9. The highest BCUT2D eigenvalue weighted by molar-refractivity contribution is 6.33. The zero-order chi connectivity index (χ0) is 14.1. The van der Waals surface area contributed by atoms with Crippen molar-refractivity contribution in [2.24, 2.45) is 11.8 Å². The molecular formula is C16H22ClNO2. The van der Waals surface area contributed by atoms with Crippen LogP contribution >= 0.6 is 11.6 Å². The molecule has 3 rings (SSSR count). The third-order valence-corrected chi connectivity index (χ3v) is 4.81. The van der Waals surface area contributed by atoms with Gasteiger partial charge in [-0.15, -0.1) is 0 Å². The number of halogens is 1. The van der Waals surface area contributed by atoms with Crippen LogP contribution in [-0.2, 0) is 0 Å². The number of nitrogens with one attached hydrogen (secondary N) is 1. The average molecular weight is 296 g/mol. The number of benzene rings is 1. The second-order valence-electron chi connectivity index (χ2n) is 6.03. The standard InChI is InChI=1S/C16H22ClNO2/c1-10-4-3-5-11(2)16(10)18-13-9-15-14(8-12(13)17)19-6-7-20-15/h8-11,16,18H,3-7H2,1-2H3. The van der Waals surface area contributed by atoms with E-state index in [1.54, 1.807) is 0 Å². The summed E-state index contributed by atoms with van der Waals surface area (Å²) in [6, 6.07) is 4.31. The van der Waals surface area contributed by atoms with Gasteiger partial charge in [-0.25, -0.2) is 0 Å². The Balaban J connectivity index is 1.83. The molecular weight excluding hydrogens is 274 g/mol. The van der Waals surface area contributed by atoms with Crippen LogP contribution < -0.4 is 14.8 Å². The van der Waals surface area contributed by atoms with Crippen molar-refractivity contribution < 1.29 is 9.47 Å². The fraction of sp³-hybridized carbons (Fsp3) is 0.625. The summed E-state index contributed by atoms with van der Waals surface area (Å²) in [6.07, 6.45) is 3.89. The lowest BCUT2D eigenvalue weighted by molar-refractivity contribution is 0.171. The highest BCUT2D eigenvalue weighted by Crippen LogP contribution is 2.40. The third kappa shape index (κ3) is 2.69. The van der Waals surface area contributed by atoms with E-state index in [4.69, 9.17) is 21.1 Å². The molecule has 0 saturated heterocycles. The van der Waals surface area contributed by atoms with Crippen molar-refractivity contribution in [2.45, 2.75) is 39.2 Å². The van der Waals surface area contributed by atoms with E-state index in [9.17, 15) is 0 Å².